The maximum absolute atomic E-state index is 3.76. The Morgan fingerprint density at radius 3 is 2.69 bits per heavy atom. The van der Waals surface area contributed by atoms with Gasteiger partial charge in [-0.2, -0.15) is 0 Å². The highest BCUT2D eigenvalue weighted by molar-refractivity contribution is 5.49. The van der Waals surface area contributed by atoms with E-state index in [0.717, 1.165) is 0 Å². The Morgan fingerprint density at radius 1 is 1.38 bits per heavy atom. The van der Waals surface area contributed by atoms with Crippen LogP contribution in [0.2, 0.25) is 0 Å². The van der Waals surface area contributed by atoms with Gasteiger partial charge in [-0.3, -0.25) is 0 Å². The third-order valence-corrected chi connectivity index (χ3v) is 2.40. The molecule has 70 valence electrons. The Morgan fingerprint density at radius 2 is 2.15 bits per heavy atom. The lowest BCUT2D eigenvalue weighted by molar-refractivity contribution is 0.791. The molecule has 0 amide bonds. The average molecular weight is 174 g/mol. The molecule has 0 aliphatic rings. The van der Waals surface area contributed by atoms with Gasteiger partial charge in [-0.15, -0.1) is 0 Å². The lowest BCUT2D eigenvalue weighted by Crippen LogP contribution is -1.89. The van der Waals surface area contributed by atoms with Crippen molar-refractivity contribution in [2.75, 3.05) is 0 Å². The summed E-state index contributed by atoms with van der Waals surface area (Å²) in [5.41, 5.74) is 4.09. The summed E-state index contributed by atoms with van der Waals surface area (Å²) in [4.78, 5) is 0. The fourth-order valence-corrected chi connectivity index (χ4v) is 1.49. The van der Waals surface area contributed by atoms with Crippen molar-refractivity contribution in [1.29, 1.82) is 0 Å². The smallest absolute Gasteiger partial charge is 0.0260 e. The van der Waals surface area contributed by atoms with Gasteiger partial charge in [0.25, 0.3) is 0 Å². The van der Waals surface area contributed by atoms with Gasteiger partial charge in [-0.1, -0.05) is 44.2 Å². The molecule has 0 radical (unpaired) electrons. The van der Waals surface area contributed by atoms with E-state index in [1.165, 1.54) is 36.0 Å². The monoisotopic (exact) mass is 174 g/mol. The Hall–Kier alpha value is -1.04. The zero-order valence-electron chi connectivity index (χ0n) is 8.64. The van der Waals surface area contributed by atoms with Gasteiger partial charge < -0.3 is 0 Å². The van der Waals surface area contributed by atoms with Gasteiger partial charge in [-0.25, -0.2) is 0 Å². The third-order valence-electron chi connectivity index (χ3n) is 2.40. The second kappa shape index (κ2) is 4.86. The van der Waals surface area contributed by atoms with Crippen molar-refractivity contribution >= 4 is 6.08 Å². The summed E-state index contributed by atoms with van der Waals surface area (Å²) in [6.07, 6.45) is 5.66. The molecule has 0 heteroatoms. The molecule has 0 N–H and O–H groups in total. The van der Waals surface area contributed by atoms with Crippen molar-refractivity contribution in [2.24, 2.45) is 0 Å². The highest BCUT2D eigenvalue weighted by Gasteiger charge is 1.97. The largest absolute Gasteiger partial charge is 0.0985 e. The SMILES string of the molecule is C=Cc1ccc(CCCC)c(C)c1. The summed E-state index contributed by atoms with van der Waals surface area (Å²) in [6, 6.07) is 6.57. The predicted molar refractivity (Wildman–Crippen MR) is 59.9 cm³/mol. The summed E-state index contributed by atoms with van der Waals surface area (Å²) >= 11 is 0. The quantitative estimate of drug-likeness (QED) is 0.647. The number of unbranched alkanes of at least 4 members (excludes halogenated alkanes) is 1. The number of rotatable bonds is 4. The summed E-state index contributed by atoms with van der Waals surface area (Å²) in [5.74, 6) is 0. The third kappa shape index (κ3) is 2.73. The highest BCUT2D eigenvalue weighted by Crippen LogP contribution is 2.14. The first-order valence-corrected chi connectivity index (χ1v) is 5.00. The average Bonchev–Trinajstić information content (AvgIpc) is 2.16. The molecular weight excluding hydrogens is 156 g/mol. The first kappa shape index (κ1) is 10.0. The summed E-state index contributed by atoms with van der Waals surface area (Å²) in [7, 11) is 0. The van der Waals surface area contributed by atoms with Gasteiger partial charge in [0.05, 0.1) is 0 Å². The molecule has 0 unspecified atom stereocenters. The van der Waals surface area contributed by atoms with Crippen molar-refractivity contribution in [3.05, 3.63) is 41.5 Å². The van der Waals surface area contributed by atoms with Gasteiger partial charge in [-0.05, 0) is 36.5 Å². The van der Waals surface area contributed by atoms with Crippen molar-refractivity contribution in [2.45, 2.75) is 33.1 Å². The Kier molecular flexibility index (Phi) is 3.75. The van der Waals surface area contributed by atoms with Crippen LogP contribution in [0, 0.1) is 6.92 Å². The maximum Gasteiger partial charge on any atom is -0.0260 e. The van der Waals surface area contributed by atoms with Crippen LogP contribution in [0.1, 0.15) is 36.5 Å². The number of benzene rings is 1. The molecule has 0 aromatic heterocycles. The fourth-order valence-electron chi connectivity index (χ4n) is 1.49. The minimum absolute atomic E-state index is 1.21. The van der Waals surface area contributed by atoms with E-state index in [-0.39, 0.29) is 0 Å². The molecule has 0 atom stereocenters. The van der Waals surface area contributed by atoms with Crippen LogP contribution >= 0.6 is 0 Å². The van der Waals surface area contributed by atoms with Crippen LogP contribution in [0.4, 0.5) is 0 Å². The number of hydrogen-bond acceptors (Lipinski definition) is 0. The zero-order chi connectivity index (χ0) is 9.68. The highest BCUT2D eigenvalue weighted by atomic mass is 14.0. The van der Waals surface area contributed by atoms with E-state index in [1.807, 2.05) is 6.08 Å². The standard InChI is InChI=1S/C13H18/c1-4-6-7-13-9-8-12(5-2)10-11(13)3/h5,8-10H,2,4,6-7H2,1,3H3. The van der Waals surface area contributed by atoms with E-state index in [1.54, 1.807) is 0 Å². The molecule has 0 fully saturated rings. The topological polar surface area (TPSA) is 0 Å². The molecule has 0 aliphatic heterocycles. The van der Waals surface area contributed by atoms with E-state index in [9.17, 15) is 0 Å². The lowest BCUT2D eigenvalue weighted by atomic mass is 10.0. The van der Waals surface area contributed by atoms with Crippen LogP contribution in [-0.4, -0.2) is 0 Å². The molecule has 0 nitrogen and oxygen atoms in total. The van der Waals surface area contributed by atoms with Crippen LogP contribution in [0.5, 0.6) is 0 Å². The maximum atomic E-state index is 3.76. The van der Waals surface area contributed by atoms with E-state index in [2.05, 4.69) is 38.6 Å². The molecule has 13 heavy (non-hydrogen) atoms. The predicted octanol–water partition coefficient (Wildman–Crippen LogP) is 3.98. The van der Waals surface area contributed by atoms with Crippen molar-refractivity contribution in [1.82, 2.24) is 0 Å². The van der Waals surface area contributed by atoms with Crippen LogP contribution in [0.25, 0.3) is 6.08 Å². The second-order valence-electron chi connectivity index (χ2n) is 3.49. The molecule has 0 heterocycles. The van der Waals surface area contributed by atoms with E-state index in [0.29, 0.717) is 0 Å². The minimum Gasteiger partial charge on any atom is -0.0985 e. The fraction of sp³-hybridized carbons (Fsp3) is 0.385. The van der Waals surface area contributed by atoms with Crippen LogP contribution < -0.4 is 0 Å². The number of aryl methyl sites for hydroxylation is 2. The Labute approximate surface area is 81.3 Å². The minimum atomic E-state index is 1.21. The molecular formula is C13H18. The van der Waals surface area contributed by atoms with Gasteiger partial charge in [0, 0.05) is 0 Å². The second-order valence-corrected chi connectivity index (χ2v) is 3.49. The zero-order valence-corrected chi connectivity index (χ0v) is 8.64. The summed E-state index contributed by atoms with van der Waals surface area (Å²) < 4.78 is 0. The van der Waals surface area contributed by atoms with Crippen molar-refractivity contribution < 1.29 is 0 Å². The molecule has 1 aromatic carbocycles. The van der Waals surface area contributed by atoms with Gasteiger partial charge in [0.2, 0.25) is 0 Å². The van der Waals surface area contributed by atoms with Crippen LogP contribution in [0.15, 0.2) is 24.8 Å². The van der Waals surface area contributed by atoms with Crippen LogP contribution in [0.3, 0.4) is 0 Å². The van der Waals surface area contributed by atoms with Gasteiger partial charge >= 0.3 is 0 Å². The molecule has 1 rings (SSSR count). The number of hydrogen-bond donors (Lipinski definition) is 0. The summed E-state index contributed by atoms with van der Waals surface area (Å²) in [5, 5.41) is 0. The molecule has 0 aliphatic carbocycles. The summed E-state index contributed by atoms with van der Waals surface area (Å²) in [6.45, 7) is 8.17. The van der Waals surface area contributed by atoms with E-state index >= 15 is 0 Å². The normalized spacial score (nSPS) is 10.0. The molecule has 0 spiro atoms. The van der Waals surface area contributed by atoms with Crippen LogP contribution in [-0.2, 0) is 6.42 Å². The molecule has 0 bridgehead atoms. The van der Waals surface area contributed by atoms with Gasteiger partial charge in [0.15, 0.2) is 0 Å². The first-order chi connectivity index (χ1) is 6.27. The Bertz CT molecular complexity index is 284. The van der Waals surface area contributed by atoms with Crippen molar-refractivity contribution in [3.63, 3.8) is 0 Å². The lowest BCUT2D eigenvalue weighted by Gasteiger charge is -2.05. The van der Waals surface area contributed by atoms with Gasteiger partial charge in [0.1, 0.15) is 0 Å². The van der Waals surface area contributed by atoms with E-state index in [4.69, 9.17) is 0 Å². The molecule has 0 saturated carbocycles. The first-order valence-electron chi connectivity index (χ1n) is 5.00. The Balaban J connectivity index is 2.79. The van der Waals surface area contributed by atoms with Crippen molar-refractivity contribution in [3.8, 4) is 0 Å². The molecule has 1 aromatic rings. The van der Waals surface area contributed by atoms with E-state index < -0.39 is 0 Å². The molecule has 0 saturated heterocycles.